The smallest absolute Gasteiger partial charge is 0.238 e. The fraction of sp³-hybridized carbons (Fsp3) is 0.200. The predicted octanol–water partition coefficient (Wildman–Crippen LogP) is 4.26. The highest BCUT2D eigenvalue weighted by atomic mass is 16.5. The highest BCUT2D eigenvalue weighted by Crippen LogP contribution is 2.21. The summed E-state index contributed by atoms with van der Waals surface area (Å²) in [5, 5.41) is 5.73. The van der Waals surface area contributed by atoms with Crippen LogP contribution in [0, 0.1) is 0 Å². The van der Waals surface area contributed by atoms with E-state index < -0.39 is 0 Å². The zero-order valence-corrected chi connectivity index (χ0v) is 17.8. The molecule has 3 aromatic rings. The zero-order chi connectivity index (χ0) is 22.1. The third-order valence-electron chi connectivity index (χ3n) is 4.81. The van der Waals surface area contributed by atoms with E-state index in [0.717, 1.165) is 16.8 Å². The van der Waals surface area contributed by atoms with Crippen molar-refractivity contribution in [1.29, 1.82) is 0 Å². The molecule has 0 saturated heterocycles. The first-order valence-electron chi connectivity index (χ1n) is 10.2. The van der Waals surface area contributed by atoms with Gasteiger partial charge < -0.3 is 15.4 Å². The molecule has 0 saturated carbocycles. The fourth-order valence-electron chi connectivity index (χ4n) is 3.16. The molecule has 0 radical (unpaired) electrons. The van der Waals surface area contributed by atoms with Crippen molar-refractivity contribution in [3.63, 3.8) is 0 Å². The summed E-state index contributed by atoms with van der Waals surface area (Å²) in [6, 6.07) is 24.9. The standard InChI is InChI=1S/C25H27N3O3/c1-3-28(18-25(30)27-22-10-7-11-23(16-22)31-2)17-24(29)26-21-14-12-20(13-15-21)19-8-5-4-6-9-19/h4-16H,3,17-18H2,1-2H3,(H,26,29)(H,27,30). The van der Waals surface area contributed by atoms with Gasteiger partial charge in [-0.2, -0.15) is 0 Å². The summed E-state index contributed by atoms with van der Waals surface area (Å²) in [5.74, 6) is 0.321. The number of nitrogens with one attached hydrogen (secondary N) is 2. The van der Waals surface area contributed by atoms with Crippen LogP contribution in [0.5, 0.6) is 5.75 Å². The molecule has 2 amide bonds. The number of hydrogen-bond acceptors (Lipinski definition) is 4. The Morgan fingerprint density at radius 1 is 0.774 bits per heavy atom. The first-order valence-corrected chi connectivity index (χ1v) is 10.2. The van der Waals surface area contributed by atoms with Gasteiger partial charge in [-0.05, 0) is 41.9 Å². The molecule has 3 aromatic carbocycles. The maximum absolute atomic E-state index is 12.5. The summed E-state index contributed by atoms with van der Waals surface area (Å²) < 4.78 is 5.17. The minimum Gasteiger partial charge on any atom is -0.497 e. The second-order valence-corrected chi connectivity index (χ2v) is 7.07. The molecule has 0 aliphatic carbocycles. The normalized spacial score (nSPS) is 10.5. The van der Waals surface area contributed by atoms with Gasteiger partial charge in [-0.15, -0.1) is 0 Å². The third kappa shape index (κ3) is 6.69. The minimum absolute atomic E-state index is 0.119. The number of nitrogens with zero attached hydrogens (tertiary/aromatic N) is 1. The van der Waals surface area contributed by atoms with Crippen LogP contribution in [0.15, 0.2) is 78.9 Å². The van der Waals surface area contributed by atoms with Crippen molar-refractivity contribution in [3.05, 3.63) is 78.9 Å². The molecule has 2 N–H and O–H groups in total. The average molecular weight is 418 g/mol. The summed E-state index contributed by atoms with van der Waals surface area (Å²) >= 11 is 0. The lowest BCUT2D eigenvalue weighted by Gasteiger charge is -2.19. The van der Waals surface area contributed by atoms with Gasteiger partial charge in [-0.25, -0.2) is 0 Å². The van der Waals surface area contributed by atoms with Crippen LogP contribution >= 0.6 is 0 Å². The molecule has 0 atom stereocenters. The van der Waals surface area contributed by atoms with Crippen LogP contribution in [0.3, 0.4) is 0 Å². The topological polar surface area (TPSA) is 70.7 Å². The summed E-state index contributed by atoms with van der Waals surface area (Å²) in [4.78, 5) is 26.6. The minimum atomic E-state index is -0.185. The van der Waals surface area contributed by atoms with Crippen LogP contribution in [0.1, 0.15) is 6.92 Å². The Hall–Kier alpha value is -3.64. The van der Waals surface area contributed by atoms with Gasteiger partial charge in [-0.3, -0.25) is 14.5 Å². The summed E-state index contributed by atoms with van der Waals surface area (Å²) in [6.07, 6.45) is 0. The Morgan fingerprint density at radius 3 is 2.00 bits per heavy atom. The molecule has 0 spiro atoms. The van der Waals surface area contributed by atoms with Crippen molar-refractivity contribution in [1.82, 2.24) is 4.90 Å². The highest BCUT2D eigenvalue weighted by molar-refractivity contribution is 5.95. The second kappa shape index (κ2) is 10.9. The molecule has 160 valence electrons. The molecule has 0 unspecified atom stereocenters. The van der Waals surface area contributed by atoms with E-state index in [2.05, 4.69) is 10.6 Å². The number of ether oxygens (including phenoxy) is 1. The van der Waals surface area contributed by atoms with Crippen LogP contribution < -0.4 is 15.4 Å². The number of amides is 2. The number of rotatable bonds is 9. The summed E-state index contributed by atoms with van der Waals surface area (Å²) in [5.41, 5.74) is 3.59. The van der Waals surface area contributed by atoms with Gasteiger partial charge in [0.1, 0.15) is 5.75 Å². The Labute approximate surface area is 182 Å². The van der Waals surface area contributed by atoms with Gasteiger partial charge in [-0.1, -0.05) is 55.5 Å². The Kier molecular flexibility index (Phi) is 7.79. The fourth-order valence-corrected chi connectivity index (χ4v) is 3.16. The molecule has 6 nitrogen and oxygen atoms in total. The van der Waals surface area contributed by atoms with Gasteiger partial charge in [0.05, 0.1) is 20.2 Å². The van der Waals surface area contributed by atoms with E-state index in [1.807, 2.05) is 73.7 Å². The molecule has 0 fully saturated rings. The van der Waals surface area contributed by atoms with E-state index in [9.17, 15) is 9.59 Å². The monoisotopic (exact) mass is 417 g/mol. The Balaban J connectivity index is 1.51. The third-order valence-corrected chi connectivity index (χ3v) is 4.81. The second-order valence-electron chi connectivity index (χ2n) is 7.07. The van der Waals surface area contributed by atoms with E-state index in [1.54, 1.807) is 24.1 Å². The molecule has 0 aliphatic rings. The van der Waals surface area contributed by atoms with Crippen LogP contribution in [0.4, 0.5) is 11.4 Å². The van der Waals surface area contributed by atoms with Crippen LogP contribution in [0.25, 0.3) is 11.1 Å². The van der Waals surface area contributed by atoms with Crippen molar-refractivity contribution in [2.24, 2.45) is 0 Å². The Bertz CT molecular complexity index is 1000. The molecule has 0 aliphatic heterocycles. The number of likely N-dealkylation sites (N-methyl/N-ethyl adjacent to an activating group) is 1. The van der Waals surface area contributed by atoms with Crippen molar-refractivity contribution in [2.75, 3.05) is 37.4 Å². The highest BCUT2D eigenvalue weighted by Gasteiger charge is 2.14. The SMILES string of the molecule is CCN(CC(=O)Nc1ccc(-c2ccccc2)cc1)CC(=O)Nc1cccc(OC)c1. The largest absolute Gasteiger partial charge is 0.497 e. The number of methoxy groups -OCH3 is 1. The summed E-state index contributed by atoms with van der Waals surface area (Å²) in [6.45, 7) is 2.74. The van der Waals surface area contributed by atoms with Crippen LogP contribution in [-0.4, -0.2) is 43.5 Å². The number of carbonyl (C=O) groups is 2. The molecule has 0 heterocycles. The number of hydrogen-bond donors (Lipinski definition) is 2. The lowest BCUT2D eigenvalue weighted by atomic mass is 10.1. The van der Waals surface area contributed by atoms with Crippen molar-refractivity contribution in [2.45, 2.75) is 6.92 Å². The molecule has 0 aromatic heterocycles. The summed E-state index contributed by atoms with van der Waals surface area (Å²) in [7, 11) is 1.58. The lowest BCUT2D eigenvalue weighted by molar-refractivity contribution is -0.119. The van der Waals surface area contributed by atoms with Gasteiger partial charge in [0.2, 0.25) is 11.8 Å². The number of carbonyl (C=O) groups excluding carboxylic acids is 2. The van der Waals surface area contributed by atoms with Gasteiger partial charge in [0.15, 0.2) is 0 Å². The molecule has 6 heteroatoms. The first kappa shape index (κ1) is 22.1. The van der Waals surface area contributed by atoms with Gasteiger partial charge in [0, 0.05) is 17.4 Å². The quantitative estimate of drug-likeness (QED) is 0.546. The van der Waals surface area contributed by atoms with E-state index in [0.29, 0.717) is 18.0 Å². The van der Waals surface area contributed by atoms with Crippen LogP contribution in [-0.2, 0) is 9.59 Å². The zero-order valence-electron chi connectivity index (χ0n) is 17.8. The van der Waals surface area contributed by atoms with E-state index in [1.165, 1.54) is 0 Å². The molecule has 31 heavy (non-hydrogen) atoms. The van der Waals surface area contributed by atoms with Gasteiger partial charge >= 0.3 is 0 Å². The first-order chi connectivity index (χ1) is 15.1. The molecular weight excluding hydrogens is 390 g/mol. The number of anilines is 2. The lowest BCUT2D eigenvalue weighted by Crippen LogP contribution is -2.38. The van der Waals surface area contributed by atoms with Crippen molar-refractivity contribution in [3.8, 4) is 16.9 Å². The maximum Gasteiger partial charge on any atom is 0.238 e. The molecule has 3 rings (SSSR count). The van der Waals surface area contributed by atoms with E-state index >= 15 is 0 Å². The number of benzene rings is 3. The van der Waals surface area contributed by atoms with Crippen molar-refractivity contribution < 1.29 is 14.3 Å². The average Bonchev–Trinajstić information content (AvgIpc) is 2.79. The molecule has 0 bridgehead atoms. The molecular formula is C25H27N3O3. The maximum atomic E-state index is 12.5. The van der Waals surface area contributed by atoms with E-state index in [-0.39, 0.29) is 24.9 Å². The van der Waals surface area contributed by atoms with Crippen LogP contribution in [0.2, 0.25) is 0 Å². The van der Waals surface area contributed by atoms with E-state index in [4.69, 9.17) is 4.74 Å². The Morgan fingerprint density at radius 2 is 1.39 bits per heavy atom. The predicted molar refractivity (Wildman–Crippen MR) is 124 cm³/mol. The van der Waals surface area contributed by atoms with Crippen molar-refractivity contribution >= 4 is 23.2 Å². The van der Waals surface area contributed by atoms with Gasteiger partial charge in [0.25, 0.3) is 0 Å².